The van der Waals surface area contributed by atoms with Gasteiger partial charge in [0.25, 0.3) is 20.2 Å². The van der Waals surface area contributed by atoms with E-state index in [4.69, 9.17) is 0 Å². The van der Waals surface area contributed by atoms with Crippen LogP contribution in [0.1, 0.15) is 37.8 Å². The van der Waals surface area contributed by atoms with Gasteiger partial charge in [0.1, 0.15) is 0 Å². The second kappa shape index (κ2) is 13.7. The van der Waals surface area contributed by atoms with E-state index >= 15 is 0 Å². The van der Waals surface area contributed by atoms with E-state index < -0.39 is 26.2 Å². The maximum Gasteiger partial charge on any atom is 0.279 e. The van der Waals surface area contributed by atoms with Crippen LogP contribution in [-0.2, 0) is 33.3 Å². The Hall–Kier alpha value is -3.16. The van der Waals surface area contributed by atoms with Crippen molar-refractivity contribution < 1.29 is 21.2 Å². The minimum absolute atomic E-state index is 0.189. The summed E-state index contributed by atoms with van der Waals surface area (Å²) in [4.78, 5) is 5.99. The molecule has 0 aliphatic heterocycles. The van der Waals surface area contributed by atoms with Gasteiger partial charge in [0.2, 0.25) is 5.95 Å². The average Bonchev–Trinajstić information content (AvgIpc) is 3.34. The minimum atomic E-state index is -3.84. The molecule has 0 aliphatic carbocycles. The van der Waals surface area contributed by atoms with Crippen LogP contribution in [0, 0.1) is 5.95 Å². The summed E-state index contributed by atoms with van der Waals surface area (Å²) in [6.07, 6.45) is 4.26. The van der Waals surface area contributed by atoms with Gasteiger partial charge in [-0.3, -0.25) is 4.90 Å². The zero-order valence-corrected chi connectivity index (χ0v) is 24.9. The smallest absolute Gasteiger partial charge is 0.279 e. The highest BCUT2D eigenvalue weighted by molar-refractivity contribution is 7.90. The molecule has 0 saturated carbocycles. The Bertz CT molecular complexity index is 1660. The molecule has 2 aromatic carbocycles. The van der Waals surface area contributed by atoms with Crippen LogP contribution in [0.25, 0.3) is 10.9 Å². The largest absolute Gasteiger partial charge is 0.295 e. The van der Waals surface area contributed by atoms with E-state index in [1.165, 1.54) is 14.5 Å². The van der Waals surface area contributed by atoms with Gasteiger partial charge in [0.05, 0.1) is 10.4 Å². The molecule has 0 unspecified atom stereocenters. The van der Waals surface area contributed by atoms with E-state index in [-0.39, 0.29) is 18.0 Å². The van der Waals surface area contributed by atoms with Crippen molar-refractivity contribution in [3.05, 3.63) is 96.2 Å². The van der Waals surface area contributed by atoms with Crippen LogP contribution in [0.5, 0.6) is 0 Å². The number of rotatable bonds is 15. The molecule has 2 heterocycles. The first-order chi connectivity index (χ1) is 19.7. The molecule has 12 heteroatoms. The molecule has 0 amide bonds. The van der Waals surface area contributed by atoms with Crippen LogP contribution >= 0.6 is 0 Å². The van der Waals surface area contributed by atoms with Crippen LogP contribution in [0.4, 0.5) is 4.39 Å². The van der Waals surface area contributed by atoms with Crippen molar-refractivity contribution in [1.29, 1.82) is 0 Å². The molecule has 4 aromatic rings. The Kier molecular flexibility index (Phi) is 10.3. The molecule has 0 radical (unpaired) electrons. The van der Waals surface area contributed by atoms with Gasteiger partial charge in [-0.25, -0.2) is 22.1 Å². The highest BCUT2D eigenvalue weighted by Crippen LogP contribution is 2.27. The average molecular weight is 602 g/mol. The summed E-state index contributed by atoms with van der Waals surface area (Å²) < 4.78 is 71.7. The van der Waals surface area contributed by atoms with E-state index in [0.29, 0.717) is 50.1 Å². The van der Waals surface area contributed by atoms with Gasteiger partial charge in [-0.2, -0.15) is 17.1 Å². The fourth-order valence-electron chi connectivity index (χ4n) is 4.80. The normalized spacial score (nSPS) is 12.5. The van der Waals surface area contributed by atoms with E-state index in [9.17, 15) is 21.2 Å². The number of fused-ring (bicyclic) bond motifs is 1. The van der Waals surface area contributed by atoms with Gasteiger partial charge in [0.15, 0.2) is 0 Å². The lowest BCUT2D eigenvalue weighted by Crippen LogP contribution is -2.40. The molecule has 0 fully saturated rings. The third-order valence-corrected chi connectivity index (χ3v) is 10.4. The molecular formula is C29H36FN5O4S2. The first-order valence-corrected chi connectivity index (χ1v) is 16.5. The fourth-order valence-corrected chi connectivity index (χ4v) is 7.48. The molecule has 0 bridgehead atoms. The van der Waals surface area contributed by atoms with Gasteiger partial charge < -0.3 is 0 Å². The Morgan fingerprint density at radius 2 is 1.54 bits per heavy atom. The van der Waals surface area contributed by atoms with Crippen molar-refractivity contribution in [2.45, 2.75) is 44.7 Å². The minimum Gasteiger partial charge on any atom is -0.295 e. The molecule has 4 rings (SSSR count). The Morgan fingerprint density at radius 3 is 2.24 bits per heavy atom. The SMILES string of the molecule is CCN(CC)S(=O)(=O)NCCCCN(Cc1cccnc1F)Cc1cn(S(=O)(=O)c2ccccc2)c2ccccc12. The van der Waals surface area contributed by atoms with Crippen LogP contribution in [0.3, 0.4) is 0 Å². The van der Waals surface area contributed by atoms with Crippen LogP contribution in [0.15, 0.2) is 84.0 Å². The highest BCUT2D eigenvalue weighted by atomic mass is 32.2. The molecule has 1 N–H and O–H groups in total. The van der Waals surface area contributed by atoms with E-state index in [1.54, 1.807) is 74.6 Å². The zero-order chi connectivity index (χ0) is 29.5. The molecule has 0 saturated heterocycles. The number of nitrogens with zero attached hydrogens (tertiary/aromatic N) is 4. The molecule has 0 spiro atoms. The number of unbranched alkanes of at least 4 members (excludes halogenated alkanes) is 1. The fraction of sp³-hybridized carbons (Fsp3) is 0.345. The number of aromatic nitrogens is 2. The number of halogens is 1. The number of para-hydroxylation sites is 1. The lowest BCUT2D eigenvalue weighted by Gasteiger charge is -2.23. The lowest BCUT2D eigenvalue weighted by molar-refractivity contribution is 0.248. The number of benzene rings is 2. The van der Waals surface area contributed by atoms with E-state index in [1.807, 2.05) is 17.0 Å². The predicted molar refractivity (Wildman–Crippen MR) is 158 cm³/mol. The molecule has 9 nitrogen and oxygen atoms in total. The van der Waals surface area contributed by atoms with Crippen molar-refractivity contribution in [2.24, 2.45) is 0 Å². The quantitative estimate of drug-likeness (QED) is 0.160. The third kappa shape index (κ3) is 7.38. The van der Waals surface area contributed by atoms with Gasteiger partial charge >= 0.3 is 0 Å². The number of nitrogens with one attached hydrogen (secondary N) is 1. The summed E-state index contributed by atoms with van der Waals surface area (Å²) in [5, 5.41) is 0.788. The third-order valence-electron chi connectivity index (χ3n) is 6.92. The zero-order valence-electron chi connectivity index (χ0n) is 23.3. The summed E-state index contributed by atoms with van der Waals surface area (Å²) in [5.74, 6) is -0.557. The van der Waals surface area contributed by atoms with Crippen LogP contribution in [-0.4, -0.2) is 61.2 Å². The summed E-state index contributed by atoms with van der Waals surface area (Å²) in [6, 6.07) is 18.9. The summed E-state index contributed by atoms with van der Waals surface area (Å²) in [6.45, 7) is 5.80. The van der Waals surface area contributed by atoms with E-state index in [0.717, 1.165) is 10.9 Å². The maximum atomic E-state index is 14.5. The van der Waals surface area contributed by atoms with E-state index in [2.05, 4.69) is 9.71 Å². The maximum absolute atomic E-state index is 14.5. The van der Waals surface area contributed by atoms with Crippen molar-refractivity contribution in [3.63, 3.8) is 0 Å². The lowest BCUT2D eigenvalue weighted by atomic mass is 10.1. The molecule has 0 atom stereocenters. The molecule has 2 aromatic heterocycles. The predicted octanol–water partition coefficient (Wildman–Crippen LogP) is 4.37. The Morgan fingerprint density at radius 1 is 0.854 bits per heavy atom. The number of pyridine rings is 1. The van der Waals surface area contributed by atoms with Crippen LogP contribution in [0.2, 0.25) is 0 Å². The second-order valence-corrected chi connectivity index (χ2v) is 13.2. The molecule has 41 heavy (non-hydrogen) atoms. The highest BCUT2D eigenvalue weighted by Gasteiger charge is 2.22. The van der Waals surface area contributed by atoms with Gasteiger partial charge in [0, 0.05) is 56.1 Å². The molecular weight excluding hydrogens is 565 g/mol. The Balaban J connectivity index is 1.56. The van der Waals surface area contributed by atoms with Gasteiger partial charge in [-0.05, 0) is 49.2 Å². The summed E-state index contributed by atoms with van der Waals surface area (Å²) in [7, 11) is -7.37. The van der Waals surface area contributed by atoms with Crippen molar-refractivity contribution in [1.82, 2.24) is 22.9 Å². The van der Waals surface area contributed by atoms with Crippen molar-refractivity contribution >= 4 is 31.1 Å². The number of hydrogen-bond acceptors (Lipinski definition) is 6. The van der Waals surface area contributed by atoms with Crippen LogP contribution < -0.4 is 4.72 Å². The standard InChI is InChI=1S/C29H36FN5O4S2/c1-3-34(4-2)41(38,39)32-19-10-11-20-33(21-24-13-12-18-31-29(24)30)22-25-23-35(28-17-9-8-16-27(25)28)40(36,37)26-14-6-5-7-15-26/h5-9,12-18,23,32H,3-4,10-11,19-22H2,1-2H3. The summed E-state index contributed by atoms with van der Waals surface area (Å²) in [5.41, 5.74) is 1.77. The van der Waals surface area contributed by atoms with Crippen molar-refractivity contribution in [2.75, 3.05) is 26.2 Å². The summed E-state index contributed by atoms with van der Waals surface area (Å²) >= 11 is 0. The Labute approximate surface area is 241 Å². The topological polar surface area (TPSA) is 105 Å². The molecule has 220 valence electrons. The first kappa shape index (κ1) is 30.8. The van der Waals surface area contributed by atoms with Gasteiger partial charge in [-0.15, -0.1) is 0 Å². The monoisotopic (exact) mass is 601 g/mol. The first-order valence-electron chi connectivity index (χ1n) is 13.6. The molecule has 0 aliphatic rings. The van der Waals surface area contributed by atoms with Crippen molar-refractivity contribution in [3.8, 4) is 0 Å². The second-order valence-electron chi connectivity index (χ2n) is 9.64. The number of hydrogen-bond donors (Lipinski definition) is 1. The van der Waals surface area contributed by atoms with Gasteiger partial charge in [-0.1, -0.05) is 56.3 Å².